The second-order valence-corrected chi connectivity index (χ2v) is 3.17. The van der Waals surface area contributed by atoms with Gasteiger partial charge in [0.1, 0.15) is 0 Å². The molecule has 0 aliphatic carbocycles. The molecule has 0 unspecified atom stereocenters. The van der Waals surface area contributed by atoms with E-state index in [1.165, 1.54) is 25.5 Å². The zero-order chi connectivity index (χ0) is 10.8. The number of esters is 1. The Morgan fingerprint density at radius 1 is 1.14 bits per heavy atom. The van der Waals surface area contributed by atoms with Crippen molar-refractivity contribution in [1.82, 2.24) is 0 Å². The fourth-order valence-corrected chi connectivity index (χ4v) is 0.935. The summed E-state index contributed by atoms with van der Waals surface area (Å²) in [6.07, 6.45) is 6.70. The maximum absolute atomic E-state index is 10.9. The third-order valence-corrected chi connectivity index (χ3v) is 1.70. The van der Waals surface area contributed by atoms with Crippen LogP contribution in [0.2, 0.25) is 0 Å². The summed E-state index contributed by atoms with van der Waals surface area (Å²) < 4.78 is 4.86. The minimum atomic E-state index is -0.434. The first-order chi connectivity index (χ1) is 6.66. The second kappa shape index (κ2) is 8.48. The molecule has 0 saturated heterocycles. The van der Waals surface area contributed by atoms with E-state index in [2.05, 4.69) is 6.92 Å². The number of hydrogen-bond acceptors (Lipinski definition) is 3. The van der Waals surface area contributed by atoms with Crippen molar-refractivity contribution >= 4 is 11.8 Å². The number of hydrogen-bond donors (Lipinski definition) is 0. The zero-order valence-corrected chi connectivity index (χ0v) is 8.91. The predicted octanol–water partition coefficient (Wildman–Crippen LogP) is 2.26. The largest absolute Gasteiger partial charge is 0.463 e. The van der Waals surface area contributed by atoms with E-state index in [-0.39, 0.29) is 5.78 Å². The van der Waals surface area contributed by atoms with Crippen molar-refractivity contribution in [3.8, 4) is 0 Å². The van der Waals surface area contributed by atoms with Gasteiger partial charge in [-0.2, -0.15) is 0 Å². The van der Waals surface area contributed by atoms with Gasteiger partial charge in [-0.25, -0.2) is 4.79 Å². The lowest BCUT2D eigenvalue weighted by Gasteiger charge is -2.00. The summed E-state index contributed by atoms with van der Waals surface area (Å²) in [6.45, 7) is 3.97. The van der Waals surface area contributed by atoms with Gasteiger partial charge in [-0.15, -0.1) is 0 Å². The standard InChI is InChI=1S/C11H18O3/c1-3-4-5-6-9-14-11(13)8-7-10(2)12/h7-8H,3-6,9H2,1-2H3/b8-7-. The Morgan fingerprint density at radius 3 is 2.43 bits per heavy atom. The van der Waals surface area contributed by atoms with E-state index < -0.39 is 5.97 Å². The van der Waals surface area contributed by atoms with Crippen LogP contribution in [0.1, 0.15) is 39.5 Å². The molecule has 0 fully saturated rings. The molecule has 0 spiro atoms. The lowest BCUT2D eigenvalue weighted by Crippen LogP contribution is -2.02. The first-order valence-electron chi connectivity index (χ1n) is 5.02. The van der Waals surface area contributed by atoms with Crippen molar-refractivity contribution in [3.63, 3.8) is 0 Å². The van der Waals surface area contributed by atoms with E-state index in [1.54, 1.807) is 0 Å². The molecule has 0 aromatic heterocycles. The van der Waals surface area contributed by atoms with Gasteiger partial charge in [0, 0.05) is 6.08 Å². The van der Waals surface area contributed by atoms with Crippen molar-refractivity contribution in [2.45, 2.75) is 39.5 Å². The zero-order valence-electron chi connectivity index (χ0n) is 8.91. The Kier molecular flexibility index (Phi) is 7.80. The number of carbonyl (C=O) groups is 2. The van der Waals surface area contributed by atoms with Crippen LogP contribution in [-0.2, 0) is 14.3 Å². The number of allylic oxidation sites excluding steroid dienone is 1. The van der Waals surface area contributed by atoms with Crippen LogP contribution in [0, 0.1) is 0 Å². The van der Waals surface area contributed by atoms with E-state index in [0.29, 0.717) is 6.61 Å². The Balaban J connectivity index is 3.40. The van der Waals surface area contributed by atoms with Crippen molar-refractivity contribution in [1.29, 1.82) is 0 Å². The fraction of sp³-hybridized carbons (Fsp3) is 0.636. The molecule has 0 heterocycles. The van der Waals surface area contributed by atoms with Crippen molar-refractivity contribution in [2.75, 3.05) is 6.61 Å². The lowest BCUT2D eigenvalue weighted by molar-refractivity contribution is -0.138. The summed E-state index contributed by atoms with van der Waals surface area (Å²) in [4.78, 5) is 21.4. The highest BCUT2D eigenvalue weighted by molar-refractivity contribution is 5.94. The van der Waals surface area contributed by atoms with Crippen LogP contribution in [0.5, 0.6) is 0 Å². The third-order valence-electron chi connectivity index (χ3n) is 1.70. The molecule has 0 amide bonds. The highest BCUT2D eigenvalue weighted by atomic mass is 16.5. The van der Waals surface area contributed by atoms with E-state index in [4.69, 9.17) is 4.74 Å². The molecule has 0 radical (unpaired) electrons. The van der Waals surface area contributed by atoms with Crippen molar-refractivity contribution in [3.05, 3.63) is 12.2 Å². The van der Waals surface area contributed by atoms with Crippen LogP contribution >= 0.6 is 0 Å². The topological polar surface area (TPSA) is 43.4 Å². The molecule has 0 rings (SSSR count). The van der Waals surface area contributed by atoms with E-state index in [0.717, 1.165) is 19.3 Å². The van der Waals surface area contributed by atoms with E-state index in [1.807, 2.05) is 0 Å². The van der Waals surface area contributed by atoms with Gasteiger partial charge in [-0.3, -0.25) is 4.79 Å². The van der Waals surface area contributed by atoms with Gasteiger partial charge < -0.3 is 4.74 Å². The molecule has 0 aliphatic rings. The highest BCUT2D eigenvalue weighted by Gasteiger charge is 1.96. The second-order valence-electron chi connectivity index (χ2n) is 3.17. The highest BCUT2D eigenvalue weighted by Crippen LogP contribution is 1.99. The quantitative estimate of drug-likeness (QED) is 0.358. The molecule has 3 nitrogen and oxygen atoms in total. The first kappa shape index (κ1) is 12.9. The molecule has 3 heteroatoms. The Labute approximate surface area is 85.1 Å². The number of ether oxygens (including phenoxy) is 1. The fourth-order valence-electron chi connectivity index (χ4n) is 0.935. The van der Waals surface area contributed by atoms with Crippen LogP contribution in [0.25, 0.3) is 0 Å². The van der Waals surface area contributed by atoms with Crippen LogP contribution in [0.15, 0.2) is 12.2 Å². The predicted molar refractivity (Wildman–Crippen MR) is 54.9 cm³/mol. The molecule has 0 aromatic rings. The summed E-state index contributed by atoms with van der Waals surface area (Å²) in [5.74, 6) is -0.579. The van der Waals surface area contributed by atoms with Gasteiger partial charge in [-0.05, 0) is 19.4 Å². The average molecular weight is 198 g/mol. The first-order valence-corrected chi connectivity index (χ1v) is 5.02. The van der Waals surface area contributed by atoms with Crippen LogP contribution in [0.4, 0.5) is 0 Å². The molecule has 0 bridgehead atoms. The molecular formula is C11H18O3. The number of unbranched alkanes of at least 4 members (excludes halogenated alkanes) is 3. The van der Waals surface area contributed by atoms with Gasteiger partial charge >= 0.3 is 5.97 Å². The Bertz CT molecular complexity index is 207. The maximum atomic E-state index is 10.9. The monoisotopic (exact) mass is 198 g/mol. The third kappa shape index (κ3) is 8.97. The molecule has 0 aromatic carbocycles. The molecule has 80 valence electrons. The number of ketones is 1. The summed E-state index contributed by atoms with van der Waals surface area (Å²) in [5, 5.41) is 0. The maximum Gasteiger partial charge on any atom is 0.330 e. The van der Waals surface area contributed by atoms with Crippen molar-refractivity contribution < 1.29 is 14.3 Å². The van der Waals surface area contributed by atoms with Gasteiger partial charge in [0.05, 0.1) is 6.61 Å². The molecule has 0 atom stereocenters. The van der Waals surface area contributed by atoms with E-state index in [9.17, 15) is 9.59 Å². The summed E-state index contributed by atoms with van der Waals surface area (Å²) >= 11 is 0. The van der Waals surface area contributed by atoms with E-state index >= 15 is 0 Å². The SMILES string of the molecule is CCCCCCOC(=O)/C=C\C(C)=O. The minimum Gasteiger partial charge on any atom is -0.463 e. The van der Waals surface area contributed by atoms with Gasteiger partial charge in [0.25, 0.3) is 0 Å². The van der Waals surface area contributed by atoms with Gasteiger partial charge in [0.15, 0.2) is 5.78 Å². The summed E-state index contributed by atoms with van der Waals surface area (Å²) in [6, 6.07) is 0. The van der Waals surface area contributed by atoms with Gasteiger partial charge in [-0.1, -0.05) is 26.2 Å². The van der Waals surface area contributed by atoms with Crippen LogP contribution in [0.3, 0.4) is 0 Å². The molecule has 0 aliphatic heterocycles. The molecule has 0 N–H and O–H groups in total. The Hall–Kier alpha value is -1.12. The Morgan fingerprint density at radius 2 is 1.86 bits per heavy atom. The summed E-state index contributed by atoms with van der Waals surface area (Å²) in [5.41, 5.74) is 0. The molecule has 14 heavy (non-hydrogen) atoms. The van der Waals surface area contributed by atoms with Crippen LogP contribution in [-0.4, -0.2) is 18.4 Å². The summed E-state index contributed by atoms with van der Waals surface area (Å²) in [7, 11) is 0. The van der Waals surface area contributed by atoms with Crippen LogP contribution < -0.4 is 0 Å². The minimum absolute atomic E-state index is 0.145. The molecular weight excluding hydrogens is 180 g/mol. The lowest BCUT2D eigenvalue weighted by atomic mass is 10.2. The number of rotatable bonds is 7. The molecule has 0 saturated carbocycles. The van der Waals surface area contributed by atoms with Crippen molar-refractivity contribution in [2.24, 2.45) is 0 Å². The smallest absolute Gasteiger partial charge is 0.330 e. The normalized spacial score (nSPS) is 10.4. The average Bonchev–Trinajstić information content (AvgIpc) is 2.14. The van der Waals surface area contributed by atoms with Gasteiger partial charge in [0.2, 0.25) is 0 Å². The number of carbonyl (C=O) groups excluding carboxylic acids is 2.